The fourth-order valence-corrected chi connectivity index (χ4v) is 5.40. The third kappa shape index (κ3) is 3.00. The van der Waals surface area contributed by atoms with Crippen LogP contribution in [0.3, 0.4) is 0 Å². The first-order chi connectivity index (χ1) is 17.3. The highest BCUT2D eigenvalue weighted by Crippen LogP contribution is 2.38. The van der Waals surface area contributed by atoms with E-state index in [0.717, 1.165) is 38.6 Å². The molecule has 176 valence electrons. The van der Waals surface area contributed by atoms with Crippen molar-refractivity contribution in [2.24, 2.45) is 0 Å². The van der Waals surface area contributed by atoms with Gasteiger partial charge in [0, 0.05) is 21.5 Å². The Morgan fingerprint density at radius 3 is 1.94 bits per heavy atom. The summed E-state index contributed by atoms with van der Waals surface area (Å²) in [5, 5.41) is 5.86. The highest BCUT2D eigenvalue weighted by atomic mass is 16.7. The highest BCUT2D eigenvalue weighted by Gasteiger charge is 2.51. The van der Waals surface area contributed by atoms with E-state index in [2.05, 4.69) is 123 Å². The van der Waals surface area contributed by atoms with Gasteiger partial charge in [-0.15, -0.1) is 0 Å². The molecular weight excluding hydrogens is 443 g/mol. The average Bonchev–Trinajstić information content (AvgIpc) is 3.32. The minimum atomic E-state index is -0.402. The van der Waals surface area contributed by atoms with Crippen LogP contribution in [0.25, 0.3) is 49.3 Å². The summed E-state index contributed by atoms with van der Waals surface area (Å²) in [4.78, 5) is 5.20. The lowest BCUT2D eigenvalue weighted by Crippen LogP contribution is -2.41. The van der Waals surface area contributed by atoms with Crippen molar-refractivity contribution in [3.05, 3.63) is 91.0 Å². The maximum Gasteiger partial charge on any atom is 0.494 e. The van der Waals surface area contributed by atoms with E-state index in [-0.39, 0.29) is 11.2 Å². The molecule has 0 radical (unpaired) electrons. The van der Waals surface area contributed by atoms with Crippen LogP contribution in [-0.4, -0.2) is 27.9 Å². The Labute approximate surface area is 210 Å². The monoisotopic (exact) mass is 470 g/mol. The first kappa shape index (κ1) is 21.6. The number of hydrogen-bond acceptors (Lipinski definition) is 3. The second-order valence-electron chi connectivity index (χ2n) is 10.7. The highest BCUT2D eigenvalue weighted by molar-refractivity contribution is 6.62. The van der Waals surface area contributed by atoms with Crippen molar-refractivity contribution in [1.29, 1.82) is 0 Å². The van der Waals surface area contributed by atoms with Crippen LogP contribution < -0.4 is 5.46 Å². The zero-order chi connectivity index (χ0) is 24.7. The van der Waals surface area contributed by atoms with Crippen LogP contribution in [0.2, 0.25) is 0 Å². The van der Waals surface area contributed by atoms with E-state index in [9.17, 15) is 0 Å². The Morgan fingerprint density at radius 1 is 0.611 bits per heavy atom. The molecule has 4 nitrogen and oxygen atoms in total. The van der Waals surface area contributed by atoms with E-state index in [1.807, 2.05) is 0 Å². The van der Waals surface area contributed by atoms with Gasteiger partial charge in [-0.3, -0.25) is 4.57 Å². The van der Waals surface area contributed by atoms with Gasteiger partial charge in [-0.25, -0.2) is 4.98 Å². The van der Waals surface area contributed by atoms with Gasteiger partial charge in [0.1, 0.15) is 5.82 Å². The van der Waals surface area contributed by atoms with E-state index in [4.69, 9.17) is 14.3 Å². The molecule has 1 fully saturated rings. The molecule has 6 aromatic rings. The summed E-state index contributed by atoms with van der Waals surface area (Å²) in [6.07, 6.45) is 0. The van der Waals surface area contributed by atoms with Crippen molar-refractivity contribution >= 4 is 56.1 Å². The Bertz CT molecular complexity index is 1800. The van der Waals surface area contributed by atoms with Crippen LogP contribution in [0.15, 0.2) is 91.0 Å². The summed E-state index contributed by atoms with van der Waals surface area (Å²) >= 11 is 0. The third-order valence-corrected chi connectivity index (χ3v) is 8.02. The van der Waals surface area contributed by atoms with Gasteiger partial charge in [0.15, 0.2) is 0 Å². The number of aromatic nitrogens is 2. The molecule has 4 aromatic carbocycles. The van der Waals surface area contributed by atoms with Crippen LogP contribution in [-0.2, 0) is 9.31 Å². The number of nitrogens with zero attached hydrogens (tertiary/aromatic N) is 2. The molecule has 7 rings (SSSR count). The number of pyridine rings is 1. The molecule has 0 aliphatic carbocycles. The van der Waals surface area contributed by atoms with E-state index in [0.29, 0.717) is 0 Å². The summed E-state index contributed by atoms with van der Waals surface area (Å²) in [6.45, 7) is 8.36. The van der Waals surface area contributed by atoms with Crippen LogP contribution in [0, 0.1) is 0 Å². The van der Waals surface area contributed by atoms with E-state index in [1.54, 1.807) is 0 Å². The molecular formula is C31H27BN2O2. The topological polar surface area (TPSA) is 36.3 Å². The summed E-state index contributed by atoms with van der Waals surface area (Å²) < 4.78 is 15.0. The molecule has 1 aliphatic heterocycles. The first-order valence-corrected chi connectivity index (χ1v) is 12.5. The van der Waals surface area contributed by atoms with E-state index < -0.39 is 7.12 Å². The normalized spacial score (nSPS) is 17.1. The number of benzene rings is 4. The Morgan fingerprint density at radius 2 is 1.19 bits per heavy atom. The molecule has 2 aromatic heterocycles. The van der Waals surface area contributed by atoms with E-state index >= 15 is 0 Å². The van der Waals surface area contributed by atoms with Crippen LogP contribution in [0.4, 0.5) is 0 Å². The van der Waals surface area contributed by atoms with Crippen molar-refractivity contribution in [3.63, 3.8) is 0 Å². The smallest absolute Gasteiger partial charge is 0.399 e. The first-order valence-electron chi connectivity index (χ1n) is 12.5. The van der Waals surface area contributed by atoms with Gasteiger partial charge in [0.2, 0.25) is 0 Å². The summed E-state index contributed by atoms with van der Waals surface area (Å²) in [5.74, 6) is 0.943. The second kappa shape index (κ2) is 7.42. The largest absolute Gasteiger partial charge is 0.494 e. The lowest BCUT2D eigenvalue weighted by Gasteiger charge is -2.32. The molecule has 0 bridgehead atoms. The SMILES string of the molecule is CC1(C)OB(c2ccc3c(c2)c2ccccc2n3-c2nc3ccccc3c3ccccc23)OC1(C)C. The number of hydrogen-bond donors (Lipinski definition) is 0. The second-order valence-corrected chi connectivity index (χ2v) is 10.7. The van der Waals surface area contributed by atoms with Gasteiger partial charge in [-0.2, -0.15) is 0 Å². The standard InChI is InChI=1S/C31H27BN2O2/c1-30(2)31(3,4)36-32(35-30)20-17-18-28-25(19-20)23-13-8-10-16-27(23)34(28)29-24-14-6-5-11-21(24)22-12-7-9-15-26(22)33-29/h5-19H,1-4H3. The molecule has 5 heteroatoms. The Kier molecular flexibility index (Phi) is 4.45. The summed E-state index contributed by atoms with van der Waals surface area (Å²) in [6, 6.07) is 32.0. The fourth-order valence-electron chi connectivity index (χ4n) is 5.40. The van der Waals surface area contributed by atoms with Crippen LogP contribution in [0.1, 0.15) is 27.7 Å². The maximum absolute atomic E-state index is 6.37. The molecule has 0 atom stereocenters. The van der Waals surface area contributed by atoms with Crippen molar-refractivity contribution in [2.45, 2.75) is 38.9 Å². The molecule has 36 heavy (non-hydrogen) atoms. The maximum atomic E-state index is 6.37. The molecule has 0 N–H and O–H groups in total. The van der Waals surface area contributed by atoms with Crippen molar-refractivity contribution < 1.29 is 9.31 Å². The number of para-hydroxylation sites is 2. The van der Waals surface area contributed by atoms with Crippen LogP contribution in [0.5, 0.6) is 0 Å². The molecule has 0 saturated carbocycles. The Balaban J connectivity index is 1.51. The minimum Gasteiger partial charge on any atom is -0.399 e. The molecule has 1 saturated heterocycles. The number of rotatable bonds is 2. The molecule has 1 aliphatic rings. The van der Waals surface area contributed by atoms with Crippen molar-refractivity contribution in [1.82, 2.24) is 9.55 Å². The third-order valence-electron chi connectivity index (χ3n) is 8.02. The average molecular weight is 470 g/mol. The molecule has 3 heterocycles. The van der Waals surface area contributed by atoms with Gasteiger partial charge in [-0.1, -0.05) is 72.8 Å². The molecule has 0 spiro atoms. The predicted octanol–water partition coefficient (Wildman–Crippen LogP) is 6.78. The Hall–Kier alpha value is -3.67. The van der Waals surface area contributed by atoms with Crippen molar-refractivity contribution in [2.75, 3.05) is 0 Å². The van der Waals surface area contributed by atoms with Gasteiger partial charge in [0.05, 0.1) is 27.8 Å². The fraction of sp³-hybridized carbons (Fsp3) is 0.194. The lowest BCUT2D eigenvalue weighted by molar-refractivity contribution is 0.00578. The van der Waals surface area contributed by atoms with Gasteiger partial charge in [0.25, 0.3) is 0 Å². The number of fused-ring (bicyclic) bond motifs is 6. The quantitative estimate of drug-likeness (QED) is 0.207. The minimum absolute atomic E-state index is 0.380. The molecule has 0 unspecified atom stereocenters. The van der Waals surface area contributed by atoms with Crippen molar-refractivity contribution in [3.8, 4) is 5.82 Å². The predicted molar refractivity (Wildman–Crippen MR) is 149 cm³/mol. The zero-order valence-corrected chi connectivity index (χ0v) is 20.9. The summed E-state index contributed by atoms with van der Waals surface area (Å²) in [7, 11) is -0.402. The molecule has 0 amide bonds. The summed E-state index contributed by atoms with van der Waals surface area (Å²) in [5.41, 5.74) is 3.51. The van der Waals surface area contributed by atoms with E-state index in [1.165, 1.54) is 16.2 Å². The van der Waals surface area contributed by atoms with Gasteiger partial charge >= 0.3 is 7.12 Å². The van der Waals surface area contributed by atoms with Crippen LogP contribution >= 0.6 is 0 Å². The van der Waals surface area contributed by atoms with Gasteiger partial charge < -0.3 is 9.31 Å². The zero-order valence-electron chi connectivity index (χ0n) is 20.9. The lowest BCUT2D eigenvalue weighted by atomic mass is 9.78. The van der Waals surface area contributed by atoms with Gasteiger partial charge in [-0.05, 0) is 56.7 Å².